The maximum atomic E-state index is 13.0. The lowest BCUT2D eigenvalue weighted by atomic mass is 10.1. The first-order valence-corrected chi connectivity index (χ1v) is 10.6. The van der Waals surface area contributed by atoms with Crippen LogP contribution < -0.4 is 0 Å². The molecule has 1 aliphatic heterocycles. The maximum Gasteiger partial charge on any atom is 0.233 e. The molecular formula is C23H23FN2OS. The Morgan fingerprint density at radius 1 is 1.07 bits per heavy atom. The number of aryl methyl sites for hydroxylation is 1. The molecule has 2 heterocycles. The summed E-state index contributed by atoms with van der Waals surface area (Å²) in [6.45, 7) is 3.51. The largest absolute Gasteiger partial charge is 0.474 e. The van der Waals surface area contributed by atoms with Crippen LogP contribution in [0.3, 0.4) is 0 Å². The van der Waals surface area contributed by atoms with Gasteiger partial charge in [0.1, 0.15) is 18.1 Å². The Bertz CT molecular complexity index is 947. The van der Waals surface area contributed by atoms with Crippen LogP contribution in [0, 0.1) is 12.7 Å². The molecule has 0 aliphatic carbocycles. The molecule has 1 atom stereocenters. The molecule has 0 spiro atoms. The number of halogens is 1. The third kappa shape index (κ3) is 4.65. The third-order valence-corrected chi connectivity index (χ3v) is 5.88. The number of benzene rings is 2. The summed E-state index contributed by atoms with van der Waals surface area (Å²) in [7, 11) is 0. The fourth-order valence-electron chi connectivity index (χ4n) is 3.17. The zero-order chi connectivity index (χ0) is 19.3. The van der Waals surface area contributed by atoms with E-state index in [-0.39, 0.29) is 11.9 Å². The molecule has 0 saturated carbocycles. The summed E-state index contributed by atoms with van der Waals surface area (Å²) in [5.41, 5.74) is 4.67. The second-order valence-corrected chi connectivity index (χ2v) is 8.08. The van der Waals surface area contributed by atoms with Gasteiger partial charge in [-0.2, -0.15) is 11.8 Å². The molecule has 28 heavy (non-hydrogen) atoms. The average Bonchev–Trinajstić information content (AvgIpc) is 3.34. The van der Waals surface area contributed by atoms with Crippen LogP contribution in [0.5, 0.6) is 0 Å². The number of ether oxygens (including phenoxy) is 1. The monoisotopic (exact) mass is 394 g/mol. The molecule has 0 N–H and O–H groups in total. The predicted molar refractivity (Wildman–Crippen MR) is 114 cm³/mol. The Morgan fingerprint density at radius 3 is 2.61 bits per heavy atom. The van der Waals surface area contributed by atoms with Crippen molar-refractivity contribution in [2.75, 3.05) is 12.4 Å². The number of thioether (sulfide) groups is 1. The van der Waals surface area contributed by atoms with Crippen LogP contribution in [-0.2, 0) is 17.0 Å². The Kier molecular flexibility index (Phi) is 5.81. The summed E-state index contributed by atoms with van der Waals surface area (Å²) in [4.78, 5) is 4.78. The highest BCUT2D eigenvalue weighted by Crippen LogP contribution is 2.20. The van der Waals surface area contributed by atoms with Crippen molar-refractivity contribution in [3.8, 4) is 0 Å². The van der Waals surface area contributed by atoms with Crippen LogP contribution in [-0.4, -0.2) is 28.9 Å². The van der Waals surface area contributed by atoms with Gasteiger partial charge in [0.2, 0.25) is 5.90 Å². The standard InChI is InChI=1S/C23H23FN2OS/c1-17-4-6-18(7-5-17)13-26-12-2-3-22(26)23-25-21(14-27-23)16-28-15-19-8-10-20(24)11-9-19/h2-12,21H,13-16H2,1H3/t21-/m0/s1. The minimum Gasteiger partial charge on any atom is -0.474 e. The highest BCUT2D eigenvalue weighted by atomic mass is 32.2. The predicted octanol–water partition coefficient (Wildman–Crippen LogP) is 5.06. The molecule has 3 nitrogen and oxygen atoms in total. The molecule has 0 saturated heterocycles. The highest BCUT2D eigenvalue weighted by Gasteiger charge is 2.22. The number of rotatable bonds is 7. The van der Waals surface area contributed by atoms with Crippen molar-refractivity contribution in [1.29, 1.82) is 0 Å². The Balaban J connectivity index is 1.35. The first-order valence-electron chi connectivity index (χ1n) is 9.41. The summed E-state index contributed by atoms with van der Waals surface area (Å²) in [6.07, 6.45) is 2.07. The minimum atomic E-state index is -0.194. The smallest absolute Gasteiger partial charge is 0.233 e. The van der Waals surface area contributed by atoms with Crippen LogP contribution in [0.1, 0.15) is 22.4 Å². The van der Waals surface area contributed by atoms with Gasteiger partial charge in [-0.25, -0.2) is 9.38 Å². The second-order valence-electron chi connectivity index (χ2n) is 7.05. The SMILES string of the molecule is Cc1ccc(Cn2cccc2C2=N[C@H](CSCc3ccc(F)cc3)CO2)cc1. The van der Waals surface area contributed by atoms with Crippen LogP contribution >= 0.6 is 11.8 Å². The molecule has 4 rings (SSSR count). The lowest BCUT2D eigenvalue weighted by molar-refractivity contribution is 0.323. The molecule has 1 aromatic heterocycles. The van der Waals surface area contributed by atoms with Gasteiger partial charge in [-0.05, 0) is 42.3 Å². The van der Waals surface area contributed by atoms with E-state index in [0.717, 1.165) is 35.2 Å². The lowest BCUT2D eigenvalue weighted by Gasteiger charge is -2.09. The molecule has 2 aromatic carbocycles. The van der Waals surface area contributed by atoms with Gasteiger partial charge in [-0.3, -0.25) is 0 Å². The van der Waals surface area contributed by atoms with E-state index in [1.165, 1.54) is 23.3 Å². The quantitative estimate of drug-likeness (QED) is 0.560. The molecule has 0 amide bonds. The van der Waals surface area contributed by atoms with E-state index >= 15 is 0 Å². The molecule has 0 unspecified atom stereocenters. The van der Waals surface area contributed by atoms with Gasteiger partial charge in [0.15, 0.2) is 0 Å². The van der Waals surface area contributed by atoms with Crippen LogP contribution in [0.4, 0.5) is 4.39 Å². The number of nitrogens with zero attached hydrogens (tertiary/aromatic N) is 2. The van der Waals surface area contributed by atoms with E-state index in [0.29, 0.717) is 6.61 Å². The van der Waals surface area contributed by atoms with Gasteiger partial charge in [0.05, 0.1) is 6.04 Å². The van der Waals surface area contributed by atoms with Crippen molar-refractivity contribution in [1.82, 2.24) is 4.57 Å². The van der Waals surface area contributed by atoms with E-state index in [1.807, 2.05) is 18.2 Å². The topological polar surface area (TPSA) is 26.5 Å². The summed E-state index contributed by atoms with van der Waals surface area (Å²) in [5.74, 6) is 2.27. The Labute approximate surface area is 169 Å². The molecule has 144 valence electrons. The molecule has 5 heteroatoms. The van der Waals surface area contributed by atoms with Gasteiger partial charge in [0.25, 0.3) is 0 Å². The summed E-state index contributed by atoms with van der Waals surface area (Å²) < 4.78 is 21.0. The van der Waals surface area contributed by atoms with Crippen molar-refractivity contribution in [3.05, 3.63) is 95.1 Å². The van der Waals surface area contributed by atoms with Gasteiger partial charge in [-0.1, -0.05) is 42.0 Å². The van der Waals surface area contributed by atoms with Crippen LogP contribution in [0.2, 0.25) is 0 Å². The van der Waals surface area contributed by atoms with Gasteiger partial charge < -0.3 is 9.30 Å². The van der Waals surface area contributed by atoms with Crippen molar-refractivity contribution in [2.24, 2.45) is 4.99 Å². The summed E-state index contributed by atoms with van der Waals surface area (Å²) in [6, 6.07) is 19.5. The third-order valence-electron chi connectivity index (χ3n) is 4.73. The molecule has 0 fully saturated rings. The second kappa shape index (κ2) is 8.65. The minimum absolute atomic E-state index is 0.156. The van der Waals surface area contributed by atoms with Crippen molar-refractivity contribution in [3.63, 3.8) is 0 Å². The number of aliphatic imine (C=N–C) groups is 1. The van der Waals surface area contributed by atoms with Crippen molar-refractivity contribution < 1.29 is 9.13 Å². The first kappa shape index (κ1) is 18.8. The average molecular weight is 395 g/mol. The molecule has 0 bridgehead atoms. The Morgan fingerprint density at radius 2 is 1.82 bits per heavy atom. The molecule has 0 radical (unpaired) electrons. The fraction of sp³-hybridized carbons (Fsp3) is 0.261. The van der Waals surface area contributed by atoms with E-state index in [1.54, 1.807) is 11.8 Å². The molecule has 3 aromatic rings. The van der Waals surface area contributed by atoms with Gasteiger partial charge in [-0.15, -0.1) is 0 Å². The van der Waals surface area contributed by atoms with Crippen molar-refractivity contribution >= 4 is 17.7 Å². The summed E-state index contributed by atoms with van der Waals surface area (Å²) in [5, 5.41) is 0. The first-order chi connectivity index (χ1) is 13.7. The zero-order valence-corrected chi connectivity index (χ0v) is 16.7. The van der Waals surface area contributed by atoms with E-state index < -0.39 is 0 Å². The number of hydrogen-bond acceptors (Lipinski definition) is 3. The van der Waals surface area contributed by atoms with E-state index in [2.05, 4.69) is 48.0 Å². The van der Waals surface area contributed by atoms with Crippen LogP contribution in [0.25, 0.3) is 0 Å². The Hall–Kier alpha value is -2.53. The van der Waals surface area contributed by atoms with E-state index in [4.69, 9.17) is 9.73 Å². The molecule has 1 aliphatic rings. The maximum absolute atomic E-state index is 13.0. The lowest BCUT2D eigenvalue weighted by Crippen LogP contribution is -2.11. The van der Waals surface area contributed by atoms with Gasteiger partial charge >= 0.3 is 0 Å². The van der Waals surface area contributed by atoms with E-state index in [9.17, 15) is 4.39 Å². The van der Waals surface area contributed by atoms with Gasteiger partial charge in [0, 0.05) is 24.2 Å². The zero-order valence-electron chi connectivity index (χ0n) is 15.8. The fourth-order valence-corrected chi connectivity index (χ4v) is 4.16. The number of aromatic nitrogens is 1. The molecular weight excluding hydrogens is 371 g/mol. The normalized spacial score (nSPS) is 16.1. The van der Waals surface area contributed by atoms with Crippen molar-refractivity contribution in [2.45, 2.75) is 25.3 Å². The van der Waals surface area contributed by atoms with Crippen LogP contribution in [0.15, 0.2) is 71.9 Å². The number of hydrogen-bond donors (Lipinski definition) is 0. The highest BCUT2D eigenvalue weighted by molar-refractivity contribution is 7.98. The summed E-state index contributed by atoms with van der Waals surface area (Å²) >= 11 is 1.80.